The van der Waals surface area contributed by atoms with Crippen molar-refractivity contribution >= 4 is 17.2 Å². The maximum Gasteiger partial charge on any atom is 0.273 e. The molecule has 7 heteroatoms. The molecule has 2 aromatic heterocycles. The fraction of sp³-hybridized carbons (Fsp3) is 0.500. The number of ether oxygens (including phenoxy) is 1. The van der Waals surface area contributed by atoms with E-state index in [9.17, 15) is 4.79 Å². The quantitative estimate of drug-likeness (QED) is 0.835. The number of amides is 1. The lowest BCUT2D eigenvalue weighted by atomic mass is 9.89. The number of carbonyl (C=O) groups is 1. The molecule has 3 atom stereocenters. The molecule has 2 saturated heterocycles. The number of likely N-dealkylation sites (tertiary alicyclic amines) is 2. The lowest BCUT2D eigenvalue weighted by Gasteiger charge is -2.40. The Morgan fingerprint density at radius 2 is 2.20 bits per heavy atom. The maximum atomic E-state index is 12.9. The van der Waals surface area contributed by atoms with Gasteiger partial charge in [0.15, 0.2) is 0 Å². The molecule has 0 spiro atoms. The predicted octanol–water partition coefficient (Wildman–Crippen LogP) is 1.90. The summed E-state index contributed by atoms with van der Waals surface area (Å²) >= 11 is 1.46. The van der Waals surface area contributed by atoms with Crippen LogP contribution in [0.2, 0.25) is 0 Å². The summed E-state index contributed by atoms with van der Waals surface area (Å²) in [5, 5.41) is 1.84. The van der Waals surface area contributed by atoms with Crippen molar-refractivity contribution in [3.63, 3.8) is 0 Å². The number of carbonyl (C=O) groups excluding carboxylic acids is 1. The van der Waals surface area contributed by atoms with Crippen LogP contribution in [0, 0.1) is 5.92 Å². The first-order valence-electron chi connectivity index (χ1n) is 8.59. The normalized spacial score (nSPS) is 26.6. The Morgan fingerprint density at radius 3 is 2.92 bits per heavy atom. The van der Waals surface area contributed by atoms with Crippen molar-refractivity contribution in [1.82, 2.24) is 19.8 Å². The summed E-state index contributed by atoms with van der Waals surface area (Å²) in [6, 6.07) is 4.29. The summed E-state index contributed by atoms with van der Waals surface area (Å²) in [5.41, 5.74) is 3.53. The van der Waals surface area contributed by atoms with Gasteiger partial charge < -0.3 is 9.64 Å². The van der Waals surface area contributed by atoms with Gasteiger partial charge in [0, 0.05) is 57.0 Å². The van der Waals surface area contributed by atoms with Gasteiger partial charge >= 0.3 is 0 Å². The van der Waals surface area contributed by atoms with E-state index >= 15 is 0 Å². The SMILES string of the molecule is CO[C@@H]1CCN(C(=O)c2cscn2)[C@@H]2CN(Cc3ccncc3)C[C@@H]21. The zero-order chi connectivity index (χ0) is 17.2. The first kappa shape index (κ1) is 16.6. The molecule has 1 amide bonds. The lowest BCUT2D eigenvalue weighted by Crippen LogP contribution is -2.53. The molecular weight excluding hydrogens is 336 g/mol. The minimum absolute atomic E-state index is 0.0524. The summed E-state index contributed by atoms with van der Waals surface area (Å²) in [5.74, 6) is 0.403. The monoisotopic (exact) mass is 358 g/mol. The minimum Gasteiger partial charge on any atom is -0.381 e. The molecule has 25 heavy (non-hydrogen) atoms. The van der Waals surface area contributed by atoms with E-state index in [1.807, 2.05) is 34.8 Å². The predicted molar refractivity (Wildman–Crippen MR) is 95.4 cm³/mol. The van der Waals surface area contributed by atoms with E-state index in [4.69, 9.17) is 4.74 Å². The Bertz CT molecular complexity index is 709. The first-order chi connectivity index (χ1) is 12.3. The van der Waals surface area contributed by atoms with Crippen molar-refractivity contribution in [2.75, 3.05) is 26.7 Å². The number of hydrogen-bond acceptors (Lipinski definition) is 6. The summed E-state index contributed by atoms with van der Waals surface area (Å²) in [6.45, 7) is 3.44. The molecule has 0 N–H and O–H groups in total. The number of methoxy groups -OCH3 is 1. The number of fused-ring (bicyclic) bond motifs is 1. The highest BCUT2D eigenvalue weighted by atomic mass is 32.1. The van der Waals surface area contributed by atoms with E-state index in [2.05, 4.69) is 14.9 Å². The second-order valence-electron chi connectivity index (χ2n) is 6.72. The van der Waals surface area contributed by atoms with Crippen LogP contribution in [-0.4, -0.2) is 64.6 Å². The third-order valence-corrected chi connectivity index (χ3v) is 5.90. The standard InChI is InChI=1S/C18H22N4O2S/c1-24-17-4-7-22(18(23)15-11-25-12-20-15)16-10-21(9-14(16)17)8-13-2-5-19-6-3-13/h2-3,5-6,11-12,14,16-17H,4,7-10H2,1H3/t14-,16+,17+/m0/s1. The number of nitrogens with zero attached hydrogens (tertiary/aromatic N) is 4. The Balaban J connectivity index is 1.52. The van der Waals surface area contributed by atoms with Crippen LogP contribution in [-0.2, 0) is 11.3 Å². The van der Waals surface area contributed by atoms with Gasteiger partial charge in [0.25, 0.3) is 5.91 Å². The highest BCUT2D eigenvalue weighted by Crippen LogP contribution is 2.34. The molecule has 2 aliphatic heterocycles. The van der Waals surface area contributed by atoms with Gasteiger partial charge in [-0.3, -0.25) is 14.7 Å². The topological polar surface area (TPSA) is 58.6 Å². The van der Waals surface area contributed by atoms with E-state index in [1.165, 1.54) is 16.9 Å². The van der Waals surface area contributed by atoms with Gasteiger partial charge in [0.2, 0.25) is 0 Å². The number of rotatable bonds is 4. The molecule has 0 radical (unpaired) electrons. The van der Waals surface area contributed by atoms with Crippen LogP contribution < -0.4 is 0 Å². The van der Waals surface area contributed by atoms with Crippen molar-refractivity contribution < 1.29 is 9.53 Å². The maximum absolute atomic E-state index is 12.9. The average Bonchev–Trinajstić information content (AvgIpc) is 3.31. The molecule has 2 fully saturated rings. The lowest BCUT2D eigenvalue weighted by molar-refractivity contribution is -0.0158. The second kappa shape index (κ2) is 7.19. The van der Waals surface area contributed by atoms with Crippen LogP contribution in [0.4, 0.5) is 0 Å². The van der Waals surface area contributed by atoms with E-state index < -0.39 is 0 Å². The van der Waals surface area contributed by atoms with E-state index in [0.717, 1.165) is 32.6 Å². The number of thiazole rings is 1. The van der Waals surface area contributed by atoms with Crippen LogP contribution in [0.5, 0.6) is 0 Å². The number of aromatic nitrogens is 2. The fourth-order valence-electron chi connectivity index (χ4n) is 4.12. The average molecular weight is 358 g/mol. The Hall–Kier alpha value is -1.83. The third kappa shape index (κ3) is 3.31. The van der Waals surface area contributed by atoms with Crippen molar-refractivity contribution in [2.24, 2.45) is 5.92 Å². The van der Waals surface area contributed by atoms with E-state index in [0.29, 0.717) is 11.6 Å². The van der Waals surface area contributed by atoms with Crippen molar-refractivity contribution in [3.8, 4) is 0 Å². The smallest absolute Gasteiger partial charge is 0.273 e. The molecule has 2 aromatic rings. The molecule has 0 saturated carbocycles. The van der Waals surface area contributed by atoms with Crippen LogP contribution in [0.1, 0.15) is 22.5 Å². The van der Waals surface area contributed by atoms with E-state index in [1.54, 1.807) is 12.6 Å². The Kier molecular flexibility index (Phi) is 4.78. The molecule has 0 aliphatic carbocycles. The van der Waals surface area contributed by atoms with Gasteiger partial charge in [-0.2, -0.15) is 0 Å². The first-order valence-corrected chi connectivity index (χ1v) is 9.53. The molecule has 2 aliphatic rings. The second-order valence-corrected chi connectivity index (χ2v) is 7.43. The van der Waals surface area contributed by atoms with Crippen molar-refractivity contribution in [3.05, 3.63) is 46.7 Å². The summed E-state index contributed by atoms with van der Waals surface area (Å²) in [4.78, 5) is 25.6. The zero-order valence-electron chi connectivity index (χ0n) is 14.2. The van der Waals surface area contributed by atoms with Crippen LogP contribution in [0.3, 0.4) is 0 Å². The third-order valence-electron chi connectivity index (χ3n) is 5.31. The number of hydrogen-bond donors (Lipinski definition) is 0. The number of piperidine rings is 1. The molecule has 0 bridgehead atoms. The highest BCUT2D eigenvalue weighted by molar-refractivity contribution is 7.07. The minimum atomic E-state index is 0.0524. The van der Waals surface area contributed by atoms with Gasteiger partial charge in [-0.1, -0.05) is 0 Å². The molecule has 6 nitrogen and oxygen atoms in total. The Labute approximate surface area is 151 Å². The highest BCUT2D eigenvalue weighted by Gasteiger charge is 2.46. The summed E-state index contributed by atoms with van der Waals surface area (Å²) in [6.07, 6.45) is 4.76. The fourth-order valence-corrected chi connectivity index (χ4v) is 4.65. The van der Waals surface area contributed by atoms with Gasteiger partial charge in [-0.05, 0) is 24.1 Å². The number of pyridine rings is 1. The van der Waals surface area contributed by atoms with Crippen LogP contribution in [0.15, 0.2) is 35.4 Å². The van der Waals surface area contributed by atoms with E-state index in [-0.39, 0.29) is 18.1 Å². The molecule has 4 rings (SSSR count). The van der Waals surface area contributed by atoms with Gasteiger partial charge in [-0.15, -0.1) is 11.3 Å². The molecule has 132 valence electrons. The van der Waals surface area contributed by atoms with Crippen molar-refractivity contribution in [2.45, 2.75) is 25.1 Å². The molecular formula is C18H22N4O2S. The molecule has 4 heterocycles. The van der Waals surface area contributed by atoms with Gasteiger partial charge in [0.1, 0.15) is 5.69 Å². The summed E-state index contributed by atoms with van der Waals surface area (Å²) in [7, 11) is 1.78. The Morgan fingerprint density at radius 1 is 1.36 bits per heavy atom. The van der Waals surface area contributed by atoms with Crippen LogP contribution >= 0.6 is 11.3 Å². The van der Waals surface area contributed by atoms with Gasteiger partial charge in [0.05, 0.1) is 17.7 Å². The van der Waals surface area contributed by atoms with Crippen LogP contribution in [0.25, 0.3) is 0 Å². The van der Waals surface area contributed by atoms with Gasteiger partial charge in [-0.25, -0.2) is 4.98 Å². The largest absolute Gasteiger partial charge is 0.381 e. The molecule has 0 aromatic carbocycles. The van der Waals surface area contributed by atoms with Crippen molar-refractivity contribution in [1.29, 1.82) is 0 Å². The zero-order valence-corrected chi connectivity index (χ0v) is 15.1. The summed E-state index contributed by atoms with van der Waals surface area (Å²) < 4.78 is 5.73. The molecule has 0 unspecified atom stereocenters.